The number of likely N-dealkylation sites (tertiary alicyclic amines) is 1. The molecule has 2 rings (SSSR count). The van der Waals surface area contributed by atoms with Gasteiger partial charge in [0.05, 0.1) is 0 Å². The lowest BCUT2D eigenvalue weighted by Crippen LogP contribution is -2.38. The maximum Gasteiger partial charge on any atom is 0.226 e. The molecule has 1 aromatic heterocycles. The van der Waals surface area contributed by atoms with Crippen molar-refractivity contribution in [2.24, 2.45) is 11.7 Å². The highest BCUT2D eigenvalue weighted by Crippen LogP contribution is 2.22. The van der Waals surface area contributed by atoms with Crippen LogP contribution in [0.3, 0.4) is 0 Å². The van der Waals surface area contributed by atoms with Crippen molar-refractivity contribution < 1.29 is 4.52 Å². The molecular formula is C14H26N4O. The molecule has 5 nitrogen and oxygen atoms in total. The van der Waals surface area contributed by atoms with Gasteiger partial charge in [-0.15, -0.1) is 0 Å². The largest absolute Gasteiger partial charge is 0.339 e. The molecule has 0 radical (unpaired) electrons. The first-order chi connectivity index (χ1) is 9.04. The number of nitrogens with two attached hydrogens (primary N) is 1. The van der Waals surface area contributed by atoms with E-state index in [4.69, 9.17) is 10.3 Å². The number of rotatable bonds is 5. The van der Waals surface area contributed by atoms with E-state index in [1.54, 1.807) is 0 Å². The van der Waals surface area contributed by atoms with Gasteiger partial charge in [-0.3, -0.25) is 0 Å². The van der Waals surface area contributed by atoms with Gasteiger partial charge in [-0.25, -0.2) is 0 Å². The minimum Gasteiger partial charge on any atom is -0.339 e. The number of nitrogens with zero attached hydrogens (tertiary/aromatic N) is 3. The Morgan fingerprint density at radius 2 is 2.00 bits per heavy atom. The van der Waals surface area contributed by atoms with Crippen LogP contribution >= 0.6 is 0 Å². The smallest absolute Gasteiger partial charge is 0.226 e. The average molecular weight is 266 g/mol. The van der Waals surface area contributed by atoms with E-state index < -0.39 is 0 Å². The molecule has 2 heterocycles. The Balaban J connectivity index is 1.80. The highest BCUT2D eigenvalue weighted by molar-refractivity contribution is 4.91. The molecule has 1 aliphatic heterocycles. The highest BCUT2D eigenvalue weighted by Gasteiger charge is 2.22. The molecule has 1 atom stereocenters. The zero-order chi connectivity index (χ0) is 13.8. The molecule has 1 saturated heterocycles. The lowest BCUT2D eigenvalue weighted by Gasteiger charge is -2.34. The van der Waals surface area contributed by atoms with E-state index in [1.165, 1.54) is 25.9 Å². The van der Waals surface area contributed by atoms with Crippen LogP contribution in [0.2, 0.25) is 0 Å². The van der Waals surface area contributed by atoms with Crippen LogP contribution in [0.4, 0.5) is 0 Å². The third-order valence-corrected chi connectivity index (χ3v) is 3.86. The van der Waals surface area contributed by atoms with Gasteiger partial charge in [-0.1, -0.05) is 5.16 Å². The number of hydrogen-bond acceptors (Lipinski definition) is 5. The summed E-state index contributed by atoms with van der Waals surface area (Å²) in [7, 11) is 0. The van der Waals surface area contributed by atoms with Crippen molar-refractivity contribution >= 4 is 0 Å². The Hall–Kier alpha value is -0.940. The molecule has 5 heteroatoms. The van der Waals surface area contributed by atoms with Gasteiger partial charge < -0.3 is 15.2 Å². The summed E-state index contributed by atoms with van der Waals surface area (Å²) < 4.78 is 5.31. The molecule has 0 aliphatic carbocycles. The first-order valence-corrected chi connectivity index (χ1v) is 7.35. The van der Waals surface area contributed by atoms with Gasteiger partial charge in [0.25, 0.3) is 0 Å². The van der Waals surface area contributed by atoms with Crippen LogP contribution in [0.1, 0.15) is 45.3 Å². The van der Waals surface area contributed by atoms with Crippen LogP contribution in [0.5, 0.6) is 0 Å². The Morgan fingerprint density at radius 1 is 1.32 bits per heavy atom. The minimum atomic E-state index is 0.0831. The zero-order valence-electron chi connectivity index (χ0n) is 12.3. The standard InChI is InChI=1S/C14H26N4O/c1-10(2)18-6-4-12(5-7-18)9-14-16-13(17-19-14)8-11(3)15/h10-12H,4-9,15H2,1-3H3. The third kappa shape index (κ3) is 4.28. The van der Waals surface area contributed by atoms with E-state index in [9.17, 15) is 0 Å². The molecule has 0 spiro atoms. The molecular weight excluding hydrogens is 240 g/mol. The van der Waals surface area contributed by atoms with Gasteiger partial charge in [0.1, 0.15) is 0 Å². The van der Waals surface area contributed by atoms with Crippen molar-refractivity contribution in [2.75, 3.05) is 13.1 Å². The maximum atomic E-state index is 5.73. The van der Waals surface area contributed by atoms with Crippen LogP contribution in [0.15, 0.2) is 4.52 Å². The van der Waals surface area contributed by atoms with Crippen LogP contribution in [-0.4, -0.2) is 40.2 Å². The SMILES string of the molecule is CC(N)Cc1noc(CC2CCN(C(C)C)CC2)n1. The molecule has 1 unspecified atom stereocenters. The first-order valence-electron chi connectivity index (χ1n) is 7.35. The second-order valence-corrected chi connectivity index (χ2v) is 6.06. The third-order valence-electron chi connectivity index (χ3n) is 3.86. The van der Waals surface area contributed by atoms with Crippen molar-refractivity contribution in [3.8, 4) is 0 Å². The summed E-state index contributed by atoms with van der Waals surface area (Å²) in [5, 5.41) is 3.99. The predicted octanol–water partition coefficient (Wildman–Crippen LogP) is 1.62. The number of piperidine rings is 1. The molecule has 108 valence electrons. The monoisotopic (exact) mass is 266 g/mol. The van der Waals surface area contributed by atoms with Crippen molar-refractivity contribution in [3.63, 3.8) is 0 Å². The molecule has 1 aromatic rings. The summed E-state index contributed by atoms with van der Waals surface area (Å²) >= 11 is 0. The maximum absolute atomic E-state index is 5.73. The van der Waals surface area contributed by atoms with Crippen LogP contribution in [-0.2, 0) is 12.8 Å². The summed E-state index contributed by atoms with van der Waals surface area (Å²) in [6.45, 7) is 8.85. The topological polar surface area (TPSA) is 68.2 Å². The van der Waals surface area contributed by atoms with Crippen molar-refractivity contribution in [3.05, 3.63) is 11.7 Å². The summed E-state index contributed by atoms with van der Waals surface area (Å²) in [4.78, 5) is 6.96. The van der Waals surface area contributed by atoms with Gasteiger partial charge >= 0.3 is 0 Å². The number of aromatic nitrogens is 2. The van der Waals surface area contributed by atoms with E-state index in [-0.39, 0.29) is 6.04 Å². The minimum absolute atomic E-state index is 0.0831. The normalized spacial score (nSPS) is 20.1. The number of hydrogen-bond donors (Lipinski definition) is 1. The van der Waals surface area contributed by atoms with Gasteiger partial charge in [-0.05, 0) is 52.6 Å². The van der Waals surface area contributed by atoms with Gasteiger partial charge in [0.2, 0.25) is 5.89 Å². The quantitative estimate of drug-likeness (QED) is 0.877. The Kier molecular flexibility index (Phi) is 4.93. The van der Waals surface area contributed by atoms with Crippen LogP contribution in [0, 0.1) is 5.92 Å². The molecule has 19 heavy (non-hydrogen) atoms. The summed E-state index contributed by atoms with van der Waals surface area (Å²) in [6, 6.07) is 0.738. The highest BCUT2D eigenvalue weighted by atomic mass is 16.5. The van der Waals surface area contributed by atoms with Crippen molar-refractivity contribution in [2.45, 2.75) is 58.5 Å². The lowest BCUT2D eigenvalue weighted by atomic mass is 9.93. The van der Waals surface area contributed by atoms with Gasteiger partial charge in [-0.2, -0.15) is 4.98 Å². The molecule has 0 aromatic carbocycles. The van der Waals surface area contributed by atoms with E-state index >= 15 is 0 Å². The Labute approximate surface area is 115 Å². The lowest BCUT2D eigenvalue weighted by molar-refractivity contribution is 0.145. The zero-order valence-corrected chi connectivity index (χ0v) is 12.3. The van der Waals surface area contributed by atoms with E-state index in [1.807, 2.05) is 6.92 Å². The molecule has 1 fully saturated rings. The van der Waals surface area contributed by atoms with E-state index in [0.717, 1.165) is 18.1 Å². The van der Waals surface area contributed by atoms with Gasteiger partial charge in [0, 0.05) is 24.9 Å². The summed E-state index contributed by atoms with van der Waals surface area (Å²) in [5.74, 6) is 2.20. The van der Waals surface area contributed by atoms with Crippen LogP contribution < -0.4 is 5.73 Å². The van der Waals surface area contributed by atoms with E-state index in [2.05, 4.69) is 28.9 Å². The molecule has 0 amide bonds. The van der Waals surface area contributed by atoms with Crippen LogP contribution in [0.25, 0.3) is 0 Å². The fourth-order valence-electron chi connectivity index (χ4n) is 2.66. The molecule has 0 bridgehead atoms. The van der Waals surface area contributed by atoms with Crippen molar-refractivity contribution in [1.29, 1.82) is 0 Å². The Morgan fingerprint density at radius 3 is 2.58 bits per heavy atom. The summed E-state index contributed by atoms with van der Waals surface area (Å²) in [5.41, 5.74) is 5.73. The average Bonchev–Trinajstić information content (AvgIpc) is 2.76. The second-order valence-electron chi connectivity index (χ2n) is 6.06. The Bertz CT molecular complexity index is 381. The molecule has 1 aliphatic rings. The predicted molar refractivity (Wildman–Crippen MR) is 74.8 cm³/mol. The molecule has 2 N–H and O–H groups in total. The second kappa shape index (κ2) is 6.48. The molecule has 0 saturated carbocycles. The fraction of sp³-hybridized carbons (Fsp3) is 0.857. The van der Waals surface area contributed by atoms with Gasteiger partial charge in [0.15, 0.2) is 5.82 Å². The first kappa shape index (κ1) is 14.5. The van der Waals surface area contributed by atoms with Crippen molar-refractivity contribution in [1.82, 2.24) is 15.0 Å². The fourth-order valence-corrected chi connectivity index (χ4v) is 2.66. The van der Waals surface area contributed by atoms with E-state index in [0.29, 0.717) is 18.4 Å². The summed E-state index contributed by atoms with van der Waals surface area (Å²) in [6.07, 6.45) is 4.06.